The maximum Gasteiger partial charge on any atom is 0.321 e. The van der Waals surface area contributed by atoms with E-state index in [2.05, 4.69) is 0 Å². The van der Waals surface area contributed by atoms with Crippen molar-refractivity contribution in [1.29, 1.82) is 0 Å². The molecular weight excluding hydrogens is 284 g/mol. The summed E-state index contributed by atoms with van der Waals surface area (Å²) in [5.74, 6) is -3.37. The number of hydrogen-bond donors (Lipinski definition) is 3. The Labute approximate surface area is 121 Å². The van der Waals surface area contributed by atoms with Crippen LogP contribution in [-0.4, -0.2) is 59.7 Å². The summed E-state index contributed by atoms with van der Waals surface area (Å²) < 4.78 is 9.88. The van der Waals surface area contributed by atoms with Crippen LogP contribution in [0.5, 0.6) is 0 Å². The Morgan fingerprint density at radius 1 is 0.810 bits per heavy atom. The number of aliphatic carboxylic acids is 3. The molecule has 2 heterocycles. The average molecular weight is 304 g/mol. The molecule has 0 aliphatic carbocycles. The van der Waals surface area contributed by atoms with Gasteiger partial charge in [-0.05, 0) is 25.7 Å². The quantitative estimate of drug-likeness (QED) is 0.641. The summed E-state index contributed by atoms with van der Waals surface area (Å²) in [4.78, 5) is 31.7. The van der Waals surface area contributed by atoms with Crippen LogP contribution in [0.3, 0.4) is 0 Å². The number of rotatable bonds is 3. The van der Waals surface area contributed by atoms with Crippen LogP contribution in [0.4, 0.5) is 0 Å². The van der Waals surface area contributed by atoms with Crippen molar-refractivity contribution in [3.05, 3.63) is 0 Å². The molecule has 120 valence electrons. The molecule has 0 amide bonds. The lowest BCUT2D eigenvalue weighted by molar-refractivity contribution is -0.171. The van der Waals surface area contributed by atoms with Crippen LogP contribution in [0, 0.1) is 11.3 Å². The molecule has 2 fully saturated rings. The minimum absolute atomic E-state index is 0.0532. The van der Waals surface area contributed by atoms with E-state index < -0.39 is 23.3 Å². The second-order valence-corrected chi connectivity index (χ2v) is 5.03. The largest absolute Gasteiger partial charge is 0.481 e. The third-order valence-electron chi connectivity index (χ3n) is 3.74. The van der Waals surface area contributed by atoms with E-state index in [-0.39, 0.29) is 32.0 Å². The van der Waals surface area contributed by atoms with Gasteiger partial charge in [-0.2, -0.15) is 0 Å². The predicted molar refractivity (Wildman–Crippen MR) is 68.9 cm³/mol. The van der Waals surface area contributed by atoms with E-state index in [4.69, 9.17) is 24.8 Å². The molecule has 2 saturated heterocycles. The molecule has 0 aromatic heterocycles. The van der Waals surface area contributed by atoms with Crippen molar-refractivity contribution in [3.63, 3.8) is 0 Å². The van der Waals surface area contributed by atoms with Gasteiger partial charge in [0.1, 0.15) is 0 Å². The molecule has 2 aliphatic rings. The number of ether oxygens (including phenoxy) is 2. The topological polar surface area (TPSA) is 130 Å². The van der Waals surface area contributed by atoms with Gasteiger partial charge in [0, 0.05) is 26.4 Å². The summed E-state index contributed by atoms with van der Waals surface area (Å²) in [6, 6.07) is 0. The van der Waals surface area contributed by atoms with Crippen molar-refractivity contribution in [2.75, 3.05) is 26.4 Å². The first-order valence-electron chi connectivity index (χ1n) is 6.75. The lowest BCUT2D eigenvalue weighted by Gasteiger charge is -2.28. The number of carboxylic acids is 3. The highest BCUT2D eigenvalue weighted by molar-refractivity contribution is 5.98. The smallest absolute Gasteiger partial charge is 0.321 e. The van der Waals surface area contributed by atoms with E-state index in [1.807, 2.05) is 0 Å². The molecule has 0 bridgehead atoms. The van der Waals surface area contributed by atoms with Crippen molar-refractivity contribution in [2.24, 2.45) is 11.3 Å². The van der Waals surface area contributed by atoms with Crippen LogP contribution in [0.15, 0.2) is 0 Å². The van der Waals surface area contributed by atoms with Crippen molar-refractivity contribution >= 4 is 17.9 Å². The minimum atomic E-state index is -1.61. The Bertz CT molecular complexity index is 364. The standard InChI is InChI=1S/C7H10O5.C6H10O3/c8-5(9)7(6(10)11)1-3-12-4-2-7;7-6(8)5-1-3-9-4-2-5/h1-4H2,(H,8,9)(H,10,11);5H,1-4H2,(H,7,8). The minimum Gasteiger partial charge on any atom is -0.481 e. The fourth-order valence-corrected chi connectivity index (χ4v) is 2.18. The lowest BCUT2D eigenvalue weighted by atomic mass is 9.80. The molecule has 21 heavy (non-hydrogen) atoms. The van der Waals surface area contributed by atoms with Gasteiger partial charge in [-0.25, -0.2) is 0 Å². The summed E-state index contributed by atoms with van der Waals surface area (Å²) in [5.41, 5.74) is -1.61. The van der Waals surface area contributed by atoms with Crippen LogP contribution < -0.4 is 0 Å². The monoisotopic (exact) mass is 304 g/mol. The zero-order chi connectivity index (χ0) is 15.9. The molecule has 0 saturated carbocycles. The van der Waals surface area contributed by atoms with E-state index in [0.29, 0.717) is 26.1 Å². The summed E-state index contributed by atoms with van der Waals surface area (Å²) in [6.07, 6.45) is 1.46. The van der Waals surface area contributed by atoms with Gasteiger partial charge in [-0.15, -0.1) is 0 Å². The van der Waals surface area contributed by atoms with Gasteiger partial charge in [0.25, 0.3) is 0 Å². The third kappa shape index (κ3) is 4.68. The summed E-state index contributed by atoms with van der Waals surface area (Å²) in [6.45, 7) is 1.63. The molecular formula is C13H20O8. The molecule has 0 unspecified atom stereocenters. The molecule has 0 aromatic rings. The van der Waals surface area contributed by atoms with E-state index in [9.17, 15) is 14.4 Å². The SMILES string of the molecule is O=C(O)C1(C(=O)O)CCOCC1.O=C(O)C1CCOCC1. The second kappa shape index (κ2) is 7.94. The predicted octanol–water partition coefficient (Wildman–Crippen LogP) is 0.450. The molecule has 0 radical (unpaired) electrons. The van der Waals surface area contributed by atoms with E-state index >= 15 is 0 Å². The third-order valence-corrected chi connectivity index (χ3v) is 3.74. The van der Waals surface area contributed by atoms with Crippen molar-refractivity contribution < 1.29 is 39.2 Å². The maximum atomic E-state index is 10.7. The van der Waals surface area contributed by atoms with Crippen molar-refractivity contribution in [1.82, 2.24) is 0 Å². The zero-order valence-electron chi connectivity index (χ0n) is 11.6. The first-order chi connectivity index (χ1) is 9.90. The Morgan fingerprint density at radius 2 is 1.24 bits per heavy atom. The van der Waals surface area contributed by atoms with Gasteiger partial charge < -0.3 is 24.8 Å². The Morgan fingerprint density at radius 3 is 1.52 bits per heavy atom. The fourth-order valence-electron chi connectivity index (χ4n) is 2.18. The number of carbonyl (C=O) groups is 3. The van der Waals surface area contributed by atoms with Crippen LogP contribution in [0.2, 0.25) is 0 Å². The van der Waals surface area contributed by atoms with Gasteiger partial charge in [0.2, 0.25) is 0 Å². The molecule has 2 aliphatic heterocycles. The van der Waals surface area contributed by atoms with E-state index in [1.54, 1.807) is 0 Å². The van der Waals surface area contributed by atoms with Crippen LogP contribution in [-0.2, 0) is 23.9 Å². The molecule has 8 nitrogen and oxygen atoms in total. The molecule has 0 aromatic carbocycles. The number of carboxylic acid groups (broad SMARTS) is 3. The molecule has 0 spiro atoms. The normalized spacial score (nSPS) is 21.7. The molecule has 2 rings (SSSR count). The summed E-state index contributed by atoms with van der Waals surface area (Å²) >= 11 is 0. The van der Waals surface area contributed by atoms with E-state index in [0.717, 1.165) is 0 Å². The fraction of sp³-hybridized carbons (Fsp3) is 0.769. The van der Waals surface area contributed by atoms with Gasteiger partial charge in [-0.3, -0.25) is 14.4 Å². The second-order valence-electron chi connectivity index (χ2n) is 5.03. The first kappa shape index (κ1) is 17.4. The Hall–Kier alpha value is -1.67. The lowest BCUT2D eigenvalue weighted by Crippen LogP contribution is -2.43. The van der Waals surface area contributed by atoms with Gasteiger partial charge in [0.05, 0.1) is 5.92 Å². The van der Waals surface area contributed by atoms with Gasteiger partial charge in [0.15, 0.2) is 5.41 Å². The van der Waals surface area contributed by atoms with E-state index in [1.165, 1.54) is 0 Å². The maximum absolute atomic E-state index is 10.7. The van der Waals surface area contributed by atoms with Crippen LogP contribution >= 0.6 is 0 Å². The Balaban J connectivity index is 0.000000219. The van der Waals surface area contributed by atoms with Gasteiger partial charge >= 0.3 is 17.9 Å². The average Bonchev–Trinajstić information content (AvgIpc) is 2.49. The highest BCUT2D eigenvalue weighted by Crippen LogP contribution is 2.30. The van der Waals surface area contributed by atoms with Crippen molar-refractivity contribution in [2.45, 2.75) is 25.7 Å². The Kier molecular flexibility index (Phi) is 6.57. The number of hydrogen-bond acceptors (Lipinski definition) is 5. The molecule has 8 heteroatoms. The summed E-state index contributed by atoms with van der Waals surface area (Å²) in [7, 11) is 0. The molecule has 0 atom stereocenters. The highest BCUT2D eigenvalue weighted by atomic mass is 16.5. The highest BCUT2D eigenvalue weighted by Gasteiger charge is 2.47. The first-order valence-corrected chi connectivity index (χ1v) is 6.75. The van der Waals surface area contributed by atoms with Crippen molar-refractivity contribution in [3.8, 4) is 0 Å². The zero-order valence-corrected chi connectivity index (χ0v) is 11.6. The summed E-state index contributed by atoms with van der Waals surface area (Å²) in [5, 5.41) is 25.9. The van der Waals surface area contributed by atoms with Gasteiger partial charge in [-0.1, -0.05) is 0 Å². The van der Waals surface area contributed by atoms with Crippen LogP contribution in [0.25, 0.3) is 0 Å². The molecule has 3 N–H and O–H groups in total. The van der Waals surface area contributed by atoms with Crippen LogP contribution in [0.1, 0.15) is 25.7 Å².